The quantitative estimate of drug-likeness (QED) is 0.841. The van der Waals surface area contributed by atoms with Crippen LogP contribution in [0.5, 0.6) is 0 Å². The van der Waals surface area contributed by atoms with Gasteiger partial charge in [0.05, 0.1) is 6.33 Å². The van der Waals surface area contributed by atoms with E-state index in [9.17, 15) is 13.2 Å². The molecule has 0 aliphatic rings. The minimum atomic E-state index is -3.73. The molecule has 0 saturated carbocycles. The maximum absolute atomic E-state index is 12.1. The first-order valence-corrected chi connectivity index (χ1v) is 7.13. The molecule has 0 aliphatic heterocycles. The molecule has 0 radical (unpaired) electrons. The predicted molar refractivity (Wildman–Crippen MR) is 70.5 cm³/mol. The third-order valence-corrected chi connectivity index (χ3v) is 3.79. The second-order valence-electron chi connectivity index (χ2n) is 3.89. The average Bonchev–Trinajstić information content (AvgIpc) is 2.88. The second kappa shape index (κ2) is 5.23. The van der Waals surface area contributed by atoms with Crippen molar-refractivity contribution in [3.63, 3.8) is 0 Å². The van der Waals surface area contributed by atoms with Gasteiger partial charge in [0.25, 0.3) is 10.0 Å². The molecule has 0 atom stereocenters. The van der Waals surface area contributed by atoms with Crippen molar-refractivity contribution >= 4 is 22.0 Å². The lowest BCUT2D eigenvalue weighted by Crippen LogP contribution is -2.13. The number of carbonyl (C=O) groups is 1. The van der Waals surface area contributed by atoms with Crippen LogP contribution in [-0.4, -0.2) is 24.3 Å². The molecule has 0 bridgehead atoms. The monoisotopic (exact) mass is 279 g/mol. The summed E-state index contributed by atoms with van der Waals surface area (Å²) in [5, 5.41) is -0.0501. The van der Waals surface area contributed by atoms with Gasteiger partial charge in [-0.2, -0.15) is 8.42 Å². The molecule has 19 heavy (non-hydrogen) atoms. The van der Waals surface area contributed by atoms with Crippen molar-refractivity contribution in [3.05, 3.63) is 42.4 Å². The van der Waals surface area contributed by atoms with Crippen LogP contribution in [0, 0.1) is 0 Å². The van der Waals surface area contributed by atoms with E-state index in [1.54, 1.807) is 22.8 Å². The molecule has 6 nitrogen and oxygen atoms in total. The van der Waals surface area contributed by atoms with Gasteiger partial charge in [0.1, 0.15) is 6.29 Å². The number of imidazole rings is 1. The smallest absolute Gasteiger partial charge is 0.280 e. The molecule has 0 amide bonds. The Morgan fingerprint density at radius 1 is 1.42 bits per heavy atom. The Kier molecular flexibility index (Phi) is 3.66. The number of aryl methyl sites for hydroxylation is 1. The summed E-state index contributed by atoms with van der Waals surface area (Å²) < 4.78 is 28.2. The Morgan fingerprint density at radius 3 is 2.84 bits per heavy atom. The standard InChI is InChI=1S/C12H13N3O3S/c1-2-15-7-12(13-9-15)19(17,18)14-11-5-3-4-10(6-11)8-16/h3-9,14H,2H2,1H3. The Balaban J connectivity index is 2.27. The molecular weight excluding hydrogens is 266 g/mol. The zero-order valence-electron chi connectivity index (χ0n) is 10.3. The fourth-order valence-electron chi connectivity index (χ4n) is 1.53. The van der Waals surface area contributed by atoms with E-state index in [1.165, 1.54) is 18.6 Å². The summed E-state index contributed by atoms with van der Waals surface area (Å²) in [5.41, 5.74) is 0.731. The van der Waals surface area contributed by atoms with Gasteiger partial charge in [0.15, 0.2) is 5.03 Å². The Bertz CT molecular complexity index is 692. The van der Waals surface area contributed by atoms with Crippen LogP contribution in [0.1, 0.15) is 17.3 Å². The van der Waals surface area contributed by atoms with E-state index in [0.29, 0.717) is 24.1 Å². The molecule has 0 fully saturated rings. The number of aldehydes is 1. The molecular formula is C12H13N3O3S. The summed E-state index contributed by atoms with van der Waals surface area (Å²) in [4.78, 5) is 14.5. The average molecular weight is 279 g/mol. The summed E-state index contributed by atoms with van der Waals surface area (Å²) in [6, 6.07) is 6.23. The van der Waals surface area contributed by atoms with Crippen molar-refractivity contribution in [1.82, 2.24) is 9.55 Å². The van der Waals surface area contributed by atoms with Crippen molar-refractivity contribution in [1.29, 1.82) is 0 Å². The van der Waals surface area contributed by atoms with Gasteiger partial charge in [-0.3, -0.25) is 9.52 Å². The summed E-state index contributed by atoms with van der Waals surface area (Å²) in [6.07, 6.45) is 3.56. The number of nitrogens with zero attached hydrogens (tertiary/aromatic N) is 2. The van der Waals surface area contributed by atoms with Crippen molar-refractivity contribution in [2.45, 2.75) is 18.5 Å². The van der Waals surface area contributed by atoms with E-state index >= 15 is 0 Å². The van der Waals surface area contributed by atoms with Gasteiger partial charge in [-0.1, -0.05) is 12.1 Å². The summed E-state index contributed by atoms with van der Waals surface area (Å²) in [6.45, 7) is 2.53. The van der Waals surface area contributed by atoms with Gasteiger partial charge >= 0.3 is 0 Å². The van der Waals surface area contributed by atoms with Gasteiger partial charge < -0.3 is 4.57 Å². The molecule has 1 heterocycles. The lowest BCUT2D eigenvalue weighted by Gasteiger charge is -2.05. The molecule has 100 valence electrons. The molecule has 0 aliphatic carbocycles. The van der Waals surface area contributed by atoms with Crippen molar-refractivity contribution in [2.24, 2.45) is 0 Å². The zero-order valence-corrected chi connectivity index (χ0v) is 11.1. The molecule has 0 saturated heterocycles. The highest BCUT2D eigenvalue weighted by Crippen LogP contribution is 2.15. The number of nitrogens with one attached hydrogen (secondary N) is 1. The van der Waals surface area contributed by atoms with E-state index in [1.807, 2.05) is 6.92 Å². The molecule has 1 aromatic heterocycles. The van der Waals surface area contributed by atoms with Gasteiger partial charge in [0, 0.05) is 24.0 Å². The van der Waals surface area contributed by atoms with Gasteiger partial charge in [-0.05, 0) is 19.1 Å². The molecule has 2 aromatic rings. The first kappa shape index (κ1) is 13.3. The normalized spacial score (nSPS) is 11.2. The Hall–Kier alpha value is -2.15. The highest BCUT2D eigenvalue weighted by molar-refractivity contribution is 7.92. The number of carbonyl (C=O) groups excluding carboxylic acids is 1. The van der Waals surface area contributed by atoms with Crippen molar-refractivity contribution in [2.75, 3.05) is 4.72 Å². The lowest BCUT2D eigenvalue weighted by molar-refractivity contribution is 0.112. The third kappa shape index (κ3) is 3.00. The Labute approximate surface area is 111 Å². The summed E-state index contributed by atoms with van der Waals surface area (Å²) in [5.74, 6) is 0. The number of hydrogen-bond acceptors (Lipinski definition) is 4. The summed E-state index contributed by atoms with van der Waals surface area (Å²) in [7, 11) is -3.73. The maximum Gasteiger partial charge on any atom is 0.280 e. The SMILES string of the molecule is CCn1cnc(S(=O)(=O)Nc2cccc(C=O)c2)c1. The number of sulfonamides is 1. The molecule has 0 spiro atoms. The first-order valence-electron chi connectivity index (χ1n) is 5.65. The van der Waals surface area contributed by atoms with Crippen LogP contribution in [0.4, 0.5) is 5.69 Å². The van der Waals surface area contributed by atoms with Gasteiger partial charge in [-0.25, -0.2) is 4.98 Å². The van der Waals surface area contributed by atoms with Crippen molar-refractivity contribution in [3.8, 4) is 0 Å². The highest BCUT2D eigenvalue weighted by Gasteiger charge is 2.17. The van der Waals surface area contributed by atoms with Crippen LogP contribution >= 0.6 is 0 Å². The highest BCUT2D eigenvalue weighted by atomic mass is 32.2. The Morgan fingerprint density at radius 2 is 2.21 bits per heavy atom. The zero-order chi connectivity index (χ0) is 13.9. The topological polar surface area (TPSA) is 81.1 Å². The number of rotatable bonds is 5. The third-order valence-electron chi connectivity index (χ3n) is 2.52. The molecule has 1 aromatic carbocycles. The van der Waals surface area contributed by atoms with Crippen LogP contribution in [-0.2, 0) is 16.6 Å². The fraction of sp³-hybridized carbons (Fsp3) is 0.167. The van der Waals surface area contributed by atoms with E-state index in [-0.39, 0.29) is 5.03 Å². The number of benzene rings is 1. The molecule has 1 N–H and O–H groups in total. The van der Waals surface area contributed by atoms with E-state index < -0.39 is 10.0 Å². The minimum Gasteiger partial charge on any atom is -0.336 e. The van der Waals surface area contributed by atoms with Gasteiger partial charge in [-0.15, -0.1) is 0 Å². The van der Waals surface area contributed by atoms with E-state index in [0.717, 1.165) is 0 Å². The number of aromatic nitrogens is 2. The van der Waals surface area contributed by atoms with Crippen LogP contribution in [0.3, 0.4) is 0 Å². The molecule has 7 heteroatoms. The van der Waals surface area contributed by atoms with Gasteiger partial charge in [0.2, 0.25) is 0 Å². The molecule has 0 unspecified atom stereocenters. The first-order chi connectivity index (χ1) is 9.05. The van der Waals surface area contributed by atoms with Crippen LogP contribution < -0.4 is 4.72 Å². The fourth-order valence-corrected chi connectivity index (χ4v) is 2.54. The van der Waals surface area contributed by atoms with Crippen molar-refractivity contribution < 1.29 is 13.2 Å². The lowest BCUT2D eigenvalue weighted by atomic mass is 10.2. The largest absolute Gasteiger partial charge is 0.336 e. The van der Waals surface area contributed by atoms with Crippen LogP contribution in [0.2, 0.25) is 0 Å². The van der Waals surface area contributed by atoms with Crippen LogP contribution in [0.15, 0.2) is 41.8 Å². The summed E-state index contributed by atoms with van der Waals surface area (Å²) >= 11 is 0. The van der Waals surface area contributed by atoms with E-state index in [2.05, 4.69) is 9.71 Å². The molecule has 2 rings (SSSR count). The number of hydrogen-bond donors (Lipinski definition) is 1. The second-order valence-corrected chi connectivity index (χ2v) is 5.52. The van der Waals surface area contributed by atoms with Crippen LogP contribution in [0.25, 0.3) is 0 Å². The number of anilines is 1. The minimum absolute atomic E-state index is 0.0501. The van der Waals surface area contributed by atoms with E-state index in [4.69, 9.17) is 0 Å². The maximum atomic E-state index is 12.1. The predicted octanol–water partition coefficient (Wildman–Crippen LogP) is 1.52.